The molecule has 3 N–H and O–H groups in total. The lowest BCUT2D eigenvalue weighted by atomic mass is 9.97. The summed E-state index contributed by atoms with van der Waals surface area (Å²) < 4.78 is 0. The van der Waals surface area contributed by atoms with Crippen LogP contribution >= 0.6 is 0 Å². The molecule has 1 atom stereocenters. The Bertz CT molecular complexity index is 173. The summed E-state index contributed by atoms with van der Waals surface area (Å²) in [7, 11) is 0. The predicted molar refractivity (Wildman–Crippen MR) is 60.0 cm³/mol. The minimum atomic E-state index is -0.336. The van der Waals surface area contributed by atoms with Gasteiger partial charge in [0.05, 0.1) is 6.04 Å². The molecular formula is C11H24N2O. The fourth-order valence-electron chi connectivity index (χ4n) is 1.04. The summed E-state index contributed by atoms with van der Waals surface area (Å²) in [4.78, 5) is 11.5. The number of rotatable bonds is 5. The van der Waals surface area contributed by atoms with E-state index < -0.39 is 0 Å². The highest BCUT2D eigenvalue weighted by molar-refractivity contribution is 5.81. The van der Waals surface area contributed by atoms with Crippen molar-refractivity contribution in [3.63, 3.8) is 0 Å². The second-order valence-corrected chi connectivity index (χ2v) is 5.03. The second kappa shape index (κ2) is 6.02. The van der Waals surface area contributed by atoms with Gasteiger partial charge in [0.2, 0.25) is 5.91 Å². The van der Waals surface area contributed by atoms with Crippen LogP contribution in [0.25, 0.3) is 0 Å². The zero-order valence-electron chi connectivity index (χ0n) is 9.89. The fraction of sp³-hybridized carbons (Fsp3) is 0.909. The number of nitrogens with two attached hydrogens (primary N) is 1. The van der Waals surface area contributed by atoms with Gasteiger partial charge in [0.1, 0.15) is 0 Å². The minimum Gasteiger partial charge on any atom is -0.354 e. The van der Waals surface area contributed by atoms with Gasteiger partial charge in [0, 0.05) is 6.54 Å². The van der Waals surface area contributed by atoms with Crippen molar-refractivity contribution >= 4 is 5.91 Å². The third-order valence-corrected chi connectivity index (χ3v) is 2.00. The van der Waals surface area contributed by atoms with E-state index in [1.807, 2.05) is 0 Å². The molecule has 84 valence electrons. The zero-order chi connectivity index (χ0) is 11.2. The molecule has 0 rings (SSSR count). The molecule has 0 aromatic rings. The van der Waals surface area contributed by atoms with E-state index in [0.717, 1.165) is 19.3 Å². The summed E-state index contributed by atoms with van der Waals surface area (Å²) in [6, 6.07) is -0.336. The molecule has 0 aliphatic heterocycles. The topological polar surface area (TPSA) is 55.1 Å². The molecule has 0 unspecified atom stereocenters. The Morgan fingerprint density at radius 3 is 2.43 bits per heavy atom. The molecule has 0 aliphatic rings. The Balaban J connectivity index is 3.73. The van der Waals surface area contributed by atoms with E-state index >= 15 is 0 Å². The van der Waals surface area contributed by atoms with E-state index in [2.05, 4.69) is 33.0 Å². The Kier molecular flexibility index (Phi) is 5.77. The van der Waals surface area contributed by atoms with Crippen LogP contribution in [0.1, 0.15) is 47.0 Å². The van der Waals surface area contributed by atoms with Crippen LogP contribution in [0.2, 0.25) is 0 Å². The summed E-state index contributed by atoms with van der Waals surface area (Å²) in [5.74, 6) is -0.0200. The lowest BCUT2D eigenvalue weighted by molar-refractivity contribution is -0.122. The molecule has 0 bridgehead atoms. The maximum Gasteiger partial charge on any atom is 0.236 e. The molecule has 0 saturated heterocycles. The summed E-state index contributed by atoms with van der Waals surface area (Å²) in [5.41, 5.74) is 5.85. The molecule has 14 heavy (non-hydrogen) atoms. The van der Waals surface area contributed by atoms with Gasteiger partial charge in [-0.05, 0) is 11.8 Å². The summed E-state index contributed by atoms with van der Waals surface area (Å²) >= 11 is 0. The normalized spacial score (nSPS) is 13.8. The minimum absolute atomic E-state index is 0.0200. The summed E-state index contributed by atoms with van der Waals surface area (Å²) in [6.45, 7) is 9.05. The van der Waals surface area contributed by atoms with Gasteiger partial charge in [-0.3, -0.25) is 4.79 Å². The van der Waals surface area contributed by atoms with Crippen LogP contribution < -0.4 is 11.1 Å². The SMILES string of the molecule is CCCC[C@@H](N)C(=O)NCC(C)(C)C. The molecule has 0 aliphatic carbocycles. The summed E-state index contributed by atoms with van der Waals surface area (Å²) in [5, 5.41) is 2.87. The highest BCUT2D eigenvalue weighted by Crippen LogP contribution is 2.10. The standard InChI is InChI=1S/C11H24N2O/c1-5-6-7-9(12)10(14)13-8-11(2,3)4/h9H,5-8,12H2,1-4H3,(H,13,14)/t9-/m1/s1. The van der Waals surface area contributed by atoms with Crippen LogP contribution in [0.3, 0.4) is 0 Å². The molecule has 3 heteroatoms. The van der Waals surface area contributed by atoms with Crippen molar-refractivity contribution in [3.8, 4) is 0 Å². The zero-order valence-corrected chi connectivity index (χ0v) is 9.89. The van der Waals surface area contributed by atoms with Crippen LogP contribution in [0, 0.1) is 5.41 Å². The fourth-order valence-corrected chi connectivity index (χ4v) is 1.04. The van der Waals surface area contributed by atoms with E-state index in [4.69, 9.17) is 5.73 Å². The van der Waals surface area contributed by atoms with Crippen molar-refractivity contribution in [2.75, 3.05) is 6.54 Å². The van der Waals surface area contributed by atoms with Crippen molar-refractivity contribution in [1.82, 2.24) is 5.32 Å². The Morgan fingerprint density at radius 1 is 1.43 bits per heavy atom. The Morgan fingerprint density at radius 2 is 2.00 bits per heavy atom. The first-order chi connectivity index (χ1) is 6.37. The average molecular weight is 200 g/mol. The quantitative estimate of drug-likeness (QED) is 0.709. The molecular weight excluding hydrogens is 176 g/mol. The van der Waals surface area contributed by atoms with Crippen LogP contribution in [0.5, 0.6) is 0 Å². The predicted octanol–water partition coefficient (Wildman–Crippen LogP) is 1.67. The monoisotopic (exact) mass is 200 g/mol. The number of carbonyl (C=O) groups excluding carboxylic acids is 1. The number of hydrogen-bond acceptors (Lipinski definition) is 2. The van der Waals surface area contributed by atoms with Crippen molar-refractivity contribution in [1.29, 1.82) is 0 Å². The van der Waals surface area contributed by atoms with Gasteiger partial charge in [-0.1, -0.05) is 40.5 Å². The molecule has 0 spiro atoms. The number of unbranched alkanes of at least 4 members (excludes halogenated alkanes) is 1. The molecule has 3 nitrogen and oxygen atoms in total. The smallest absolute Gasteiger partial charge is 0.236 e. The Hall–Kier alpha value is -0.570. The second-order valence-electron chi connectivity index (χ2n) is 5.03. The maximum atomic E-state index is 11.5. The van der Waals surface area contributed by atoms with Gasteiger partial charge in [0.15, 0.2) is 0 Å². The lowest BCUT2D eigenvalue weighted by Gasteiger charge is -2.20. The molecule has 1 amide bonds. The number of carbonyl (C=O) groups is 1. The first-order valence-corrected chi connectivity index (χ1v) is 5.40. The van der Waals surface area contributed by atoms with Crippen molar-refractivity contribution in [2.45, 2.75) is 53.0 Å². The highest BCUT2D eigenvalue weighted by Gasteiger charge is 2.16. The van der Waals surface area contributed by atoms with E-state index in [9.17, 15) is 4.79 Å². The third-order valence-electron chi connectivity index (χ3n) is 2.00. The molecule has 0 heterocycles. The van der Waals surface area contributed by atoms with Gasteiger partial charge >= 0.3 is 0 Å². The molecule has 0 radical (unpaired) electrons. The van der Waals surface area contributed by atoms with Gasteiger partial charge in [-0.2, -0.15) is 0 Å². The van der Waals surface area contributed by atoms with Crippen molar-refractivity contribution in [2.24, 2.45) is 11.1 Å². The first kappa shape index (κ1) is 13.4. The first-order valence-electron chi connectivity index (χ1n) is 5.40. The van der Waals surface area contributed by atoms with Gasteiger partial charge in [0.25, 0.3) is 0 Å². The Labute approximate surface area is 87.4 Å². The largest absolute Gasteiger partial charge is 0.354 e. The maximum absolute atomic E-state index is 11.5. The van der Waals surface area contributed by atoms with Crippen LogP contribution in [-0.4, -0.2) is 18.5 Å². The van der Waals surface area contributed by atoms with Crippen molar-refractivity contribution < 1.29 is 4.79 Å². The lowest BCUT2D eigenvalue weighted by Crippen LogP contribution is -2.43. The van der Waals surface area contributed by atoms with Crippen molar-refractivity contribution in [3.05, 3.63) is 0 Å². The van der Waals surface area contributed by atoms with E-state index in [1.165, 1.54) is 0 Å². The van der Waals surface area contributed by atoms with Crippen LogP contribution in [0.4, 0.5) is 0 Å². The third kappa shape index (κ3) is 6.89. The van der Waals surface area contributed by atoms with Crippen LogP contribution in [0.15, 0.2) is 0 Å². The van der Waals surface area contributed by atoms with Gasteiger partial charge in [-0.25, -0.2) is 0 Å². The van der Waals surface area contributed by atoms with Crippen LogP contribution in [-0.2, 0) is 4.79 Å². The van der Waals surface area contributed by atoms with E-state index in [0.29, 0.717) is 6.54 Å². The average Bonchev–Trinajstić information content (AvgIpc) is 2.09. The molecule has 0 aromatic carbocycles. The molecule has 0 saturated carbocycles. The number of nitrogens with one attached hydrogen (secondary N) is 1. The number of hydrogen-bond donors (Lipinski definition) is 2. The summed E-state index contributed by atoms with van der Waals surface area (Å²) in [6.07, 6.45) is 2.89. The highest BCUT2D eigenvalue weighted by atomic mass is 16.2. The molecule has 0 aromatic heterocycles. The van der Waals surface area contributed by atoms with Gasteiger partial charge in [-0.15, -0.1) is 0 Å². The van der Waals surface area contributed by atoms with E-state index in [-0.39, 0.29) is 17.4 Å². The van der Waals surface area contributed by atoms with E-state index in [1.54, 1.807) is 0 Å². The molecule has 0 fully saturated rings. The van der Waals surface area contributed by atoms with Gasteiger partial charge < -0.3 is 11.1 Å². The number of amides is 1.